The monoisotopic (exact) mass is 1120 g/mol. The largest absolute Gasteiger partial charge is 0.484 e. The minimum atomic E-state index is -3.72. The lowest BCUT2D eigenvalue weighted by molar-refractivity contribution is -0.119. The first-order valence-corrected chi connectivity index (χ1v) is 31.4. The van der Waals surface area contributed by atoms with Gasteiger partial charge in [-0.05, 0) is 161 Å². The number of carbonyl (C=O) groups is 2. The van der Waals surface area contributed by atoms with E-state index in [9.17, 15) is 26.4 Å². The van der Waals surface area contributed by atoms with E-state index < -0.39 is 19.9 Å². The van der Waals surface area contributed by atoms with E-state index in [1.807, 2.05) is 6.07 Å². The maximum atomic E-state index is 13.1. The van der Waals surface area contributed by atoms with Gasteiger partial charge >= 0.3 is 6.03 Å². The molecule has 4 atom stereocenters. The Labute approximate surface area is 462 Å². The second-order valence-corrected chi connectivity index (χ2v) is 24.5. The molecule has 3 N–H and O–H groups in total. The average Bonchev–Trinajstić information content (AvgIpc) is 4.40. The molecule has 0 spiro atoms. The molecule has 0 radical (unpaired) electrons. The number of unbranched alkanes of at least 4 members (excludes halogenated alkanes) is 2. The highest BCUT2D eigenvalue weighted by Gasteiger charge is 2.40. The van der Waals surface area contributed by atoms with Gasteiger partial charge in [0.15, 0.2) is 9.84 Å². The highest BCUT2D eigenvalue weighted by Crippen LogP contribution is 2.41. The highest BCUT2D eigenvalue weighted by molar-refractivity contribution is 7.91. The molecule has 426 valence electrons. The van der Waals surface area contributed by atoms with E-state index in [1.54, 1.807) is 48.5 Å². The van der Waals surface area contributed by atoms with Crippen LogP contribution >= 0.6 is 0 Å². The first kappa shape index (κ1) is 59.2. The molecule has 4 aromatic carbocycles. The Morgan fingerprint density at radius 2 is 0.962 bits per heavy atom. The minimum absolute atomic E-state index is 0.0277. The Balaban J connectivity index is 0.562. The van der Waals surface area contributed by atoms with Crippen LogP contribution in [0.15, 0.2) is 107 Å². The minimum Gasteiger partial charge on any atom is -0.484 e. The lowest BCUT2D eigenvalue weighted by Gasteiger charge is -2.30. The number of likely N-dealkylation sites (tertiary alicyclic amines) is 2. The van der Waals surface area contributed by atoms with Crippen LogP contribution < -0.4 is 24.8 Å². The van der Waals surface area contributed by atoms with Crippen molar-refractivity contribution in [2.24, 2.45) is 0 Å². The molecule has 0 aromatic heterocycles. The number of nitrogens with one attached hydrogen (secondary N) is 3. The quantitative estimate of drug-likeness (QED) is 0.0385. The normalized spacial score (nSPS) is 19.4. The van der Waals surface area contributed by atoms with Crippen LogP contribution in [-0.4, -0.2) is 155 Å². The van der Waals surface area contributed by atoms with Gasteiger partial charge in [0.05, 0.1) is 67.3 Å². The molecule has 2 saturated heterocycles. The third-order valence-electron chi connectivity index (χ3n) is 15.0. The molecule has 2 fully saturated rings. The Bertz CT molecular complexity index is 2520. The third kappa shape index (κ3) is 17.8. The van der Waals surface area contributed by atoms with Gasteiger partial charge in [-0.25, -0.2) is 26.4 Å². The molecule has 78 heavy (non-hydrogen) atoms. The van der Waals surface area contributed by atoms with Crippen molar-refractivity contribution in [2.45, 2.75) is 118 Å². The van der Waals surface area contributed by atoms with Gasteiger partial charge in [0.2, 0.25) is 10.0 Å². The van der Waals surface area contributed by atoms with E-state index in [4.69, 9.17) is 28.4 Å². The van der Waals surface area contributed by atoms with Crippen molar-refractivity contribution in [3.05, 3.63) is 119 Å². The van der Waals surface area contributed by atoms with Crippen molar-refractivity contribution in [3.63, 3.8) is 0 Å². The summed E-state index contributed by atoms with van der Waals surface area (Å²) in [6.07, 6.45) is 10.8. The predicted octanol–water partition coefficient (Wildman–Crippen LogP) is 7.39. The van der Waals surface area contributed by atoms with Gasteiger partial charge in [-0.15, -0.1) is 0 Å². The average molecular weight is 1120 g/mol. The SMILES string of the molecule is O=C(CCCCCNC(=O)NCCOCCOCCCS(=O)(=O)c1ccc(O[C@H]2c3ccccc3C[C@@H]2N2CCCC2)cc1)CCCOCCOCCNS(=O)(=O)c1ccc(O[C@H]2c3ccccc3C[C@@H]2N2CCCC2)cc1. The summed E-state index contributed by atoms with van der Waals surface area (Å²) in [6.45, 7) is 7.79. The molecule has 0 bridgehead atoms. The topological polar surface area (TPSA) is 200 Å². The second kappa shape index (κ2) is 30.6. The van der Waals surface area contributed by atoms with Crippen LogP contribution in [0.5, 0.6) is 11.5 Å². The van der Waals surface area contributed by atoms with E-state index in [0.29, 0.717) is 89.9 Å². The fraction of sp³-hybridized carbons (Fsp3) is 0.559. The van der Waals surface area contributed by atoms with Gasteiger partial charge in [0.1, 0.15) is 29.5 Å². The molecule has 4 aromatic rings. The number of ketones is 1. The molecule has 2 amide bonds. The summed E-state index contributed by atoms with van der Waals surface area (Å²) in [5.74, 6) is 1.46. The summed E-state index contributed by atoms with van der Waals surface area (Å²) >= 11 is 0. The zero-order chi connectivity index (χ0) is 54.4. The first-order valence-electron chi connectivity index (χ1n) is 28.3. The van der Waals surface area contributed by atoms with Crippen LogP contribution in [0, 0.1) is 0 Å². The molecule has 0 unspecified atom stereocenters. The lowest BCUT2D eigenvalue weighted by Crippen LogP contribution is -2.38. The number of urea groups is 1. The number of fused-ring (bicyclic) bond motifs is 2. The summed E-state index contributed by atoms with van der Waals surface area (Å²) in [4.78, 5) is 30.0. The summed E-state index contributed by atoms with van der Waals surface area (Å²) in [6, 6.07) is 30.5. The van der Waals surface area contributed by atoms with Gasteiger partial charge in [-0.2, -0.15) is 0 Å². The number of rotatable bonds is 35. The number of ether oxygens (including phenoxy) is 6. The van der Waals surface area contributed by atoms with Crippen molar-refractivity contribution in [1.29, 1.82) is 0 Å². The Hall–Kier alpha value is -4.96. The molecular weight excluding hydrogens is 1030 g/mol. The summed E-state index contributed by atoms with van der Waals surface area (Å²) < 4.78 is 89.9. The maximum absolute atomic E-state index is 13.1. The molecule has 2 heterocycles. The van der Waals surface area contributed by atoms with E-state index >= 15 is 0 Å². The van der Waals surface area contributed by atoms with Gasteiger partial charge in [0.25, 0.3) is 0 Å². The standard InChI is InChI=1S/C59H81N5O12S2/c65-48(17-12-35-71-39-42-74-38-30-62-78(69,70)52-26-22-50(23-27-52)76-58-54-19-6-4-15-47(54)45-56(58)64-33-10-11-34-64)16-2-1-7-28-60-59(66)61-29-37-73-41-40-72-36-13-43-77(67,68)51-24-20-49(21-25-51)75-57-53-18-5-3-14-46(53)44-55(57)63-31-8-9-32-63/h3-6,14-15,18-27,55-58,62H,1-2,7-13,16-17,28-45H2,(H2,60,61,66)/t55-,56-,57-,58-/m0/s1. The maximum Gasteiger partial charge on any atom is 0.314 e. The predicted molar refractivity (Wildman–Crippen MR) is 298 cm³/mol. The van der Waals surface area contributed by atoms with E-state index in [2.05, 4.69) is 67.6 Å². The number of sulfone groups is 1. The Morgan fingerprint density at radius 1 is 0.487 bits per heavy atom. The summed E-state index contributed by atoms with van der Waals surface area (Å²) in [7, 11) is -7.21. The fourth-order valence-electron chi connectivity index (χ4n) is 10.9. The summed E-state index contributed by atoms with van der Waals surface area (Å²) in [5.41, 5.74) is 5.04. The first-order chi connectivity index (χ1) is 38.0. The van der Waals surface area contributed by atoms with Crippen LogP contribution in [0.25, 0.3) is 0 Å². The van der Waals surface area contributed by atoms with Crippen LogP contribution in [0.4, 0.5) is 4.79 Å². The lowest BCUT2D eigenvalue weighted by atomic mass is 10.1. The molecular formula is C59H81N5O12S2. The molecule has 8 rings (SSSR count). The van der Waals surface area contributed by atoms with Crippen molar-refractivity contribution in [2.75, 3.05) is 104 Å². The van der Waals surface area contributed by atoms with E-state index in [0.717, 1.165) is 58.3 Å². The number of hydrogen-bond acceptors (Lipinski definition) is 14. The van der Waals surface area contributed by atoms with Crippen molar-refractivity contribution in [1.82, 2.24) is 25.2 Å². The Morgan fingerprint density at radius 3 is 1.53 bits per heavy atom. The summed E-state index contributed by atoms with van der Waals surface area (Å²) in [5, 5.41) is 5.58. The number of amides is 2. The van der Waals surface area contributed by atoms with Gasteiger partial charge in [-0.3, -0.25) is 14.6 Å². The van der Waals surface area contributed by atoms with Crippen molar-refractivity contribution < 1.29 is 54.8 Å². The molecule has 2 aliphatic carbocycles. The zero-order valence-corrected chi connectivity index (χ0v) is 46.8. The number of sulfonamides is 1. The van der Waals surface area contributed by atoms with Crippen molar-refractivity contribution in [3.8, 4) is 11.5 Å². The molecule has 19 heteroatoms. The van der Waals surface area contributed by atoms with Crippen LogP contribution in [0.1, 0.15) is 105 Å². The molecule has 4 aliphatic rings. The number of nitrogens with zero attached hydrogens (tertiary/aromatic N) is 2. The molecule has 0 saturated carbocycles. The van der Waals surface area contributed by atoms with Crippen molar-refractivity contribution >= 4 is 31.7 Å². The third-order valence-corrected chi connectivity index (χ3v) is 18.3. The van der Waals surface area contributed by atoms with Crippen LogP contribution in [-0.2, 0) is 56.4 Å². The van der Waals surface area contributed by atoms with Gasteiger partial charge < -0.3 is 39.1 Å². The zero-order valence-electron chi connectivity index (χ0n) is 45.2. The smallest absolute Gasteiger partial charge is 0.314 e. The van der Waals surface area contributed by atoms with Crippen LogP contribution in [0.3, 0.4) is 0 Å². The van der Waals surface area contributed by atoms with Gasteiger partial charge in [-0.1, -0.05) is 55.0 Å². The van der Waals surface area contributed by atoms with Crippen LogP contribution in [0.2, 0.25) is 0 Å². The number of hydrogen-bond donors (Lipinski definition) is 3. The van der Waals surface area contributed by atoms with E-state index in [1.165, 1.54) is 47.9 Å². The molecule has 2 aliphatic heterocycles. The highest BCUT2D eigenvalue weighted by atomic mass is 32.2. The number of Topliss-reactive ketones (excluding diaryl/α,β-unsaturated/α-hetero) is 1. The van der Waals surface area contributed by atoms with Gasteiger partial charge in [0, 0.05) is 45.7 Å². The van der Waals surface area contributed by atoms with E-state index in [-0.39, 0.29) is 71.4 Å². The fourth-order valence-corrected chi connectivity index (χ4v) is 13.2. The Kier molecular flexibility index (Phi) is 23.2. The molecule has 17 nitrogen and oxygen atoms in total. The number of carbonyl (C=O) groups excluding carboxylic acids is 2. The number of benzene rings is 4. The second-order valence-electron chi connectivity index (χ2n) is 20.6.